The summed E-state index contributed by atoms with van der Waals surface area (Å²) < 4.78 is 68.5. The van der Waals surface area contributed by atoms with Gasteiger partial charge in [0.25, 0.3) is 0 Å². The maximum atomic E-state index is 14.6. The third-order valence-electron chi connectivity index (χ3n) is 6.37. The Kier molecular flexibility index (Phi) is 7.62. The zero-order valence-corrected chi connectivity index (χ0v) is 19.3. The number of hydrogen-bond donors (Lipinski definition) is 1. The highest BCUT2D eigenvalue weighted by atomic mass is 19.2. The van der Waals surface area contributed by atoms with E-state index in [0.717, 1.165) is 0 Å². The Morgan fingerprint density at radius 3 is 2.17 bits per heavy atom. The van der Waals surface area contributed by atoms with Crippen LogP contribution < -0.4 is 9.47 Å². The van der Waals surface area contributed by atoms with Crippen LogP contribution in [0.25, 0.3) is 11.1 Å². The predicted molar refractivity (Wildman–Crippen MR) is 126 cm³/mol. The molecule has 0 saturated heterocycles. The molecule has 188 valence electrons. The van der Waals surface area contributed by atoms with Crippen molar-refractivity contribution in [2.24, 2.45) is 5.92 Å². The minimum Gasteiger partial charge on any atom is -0.508 e. The van der Waals surface area contributed by atoms with Gasteiger partial charge in [-0.3, -0.25) is 4.79 Å². The molecule has 1 aliphatic rings. The van der Waals surface area contributed by atoms with Crippen molar-refractivity contribution >= 4 is 5.97 Å². The van der Waals surface area contributed by atoms with Gasteiger partial charge in [-0.25, -0.2) is 8.78 Å². The number of carbonyl (C=O) groups is 1. The van der Waals surface area contributed by atoms with E-state index in [2.05, 4.69) is 6.58 Å². The van der Waals surface area contributed by atoms with E-state index < -0.39 is 40.9 Å². The van der Waals surface area contributed by atoms with Crippen molar-refractivity contribution in [3.8, 4) is 28.4 Å². The molecule has 0 spiro atoms. The van der Waals surface area contributed by atoms with Crippen LogP contribution in [0, 0.1) is 29.2 Å². The minimum absolute atomic E-state index is 0.0117. The van der Waals surface area contributed by atoms with Crippen molar-refractivity contribution in [2.75, 3.05) is 6.61 Å². The second kappa shape index (κ2) is 10.8. The molecule has 4 rings (SSSR count). The first-order chi connectivity index (χ1) is 17.3. The molecule has 1 aliphatic carbocycles. The van der Waals surface area contributed by atoms with Gasteiger partial charge in [-0.2, -0.15) is 8.78 Å². The molecule has 8 heteroatoms. The molecule has 0 heterocycles. The van der Waals surface area contributed by atoms with Crippen LogP contribution in [0.1, 0.15) is 37.2 Å². The van der Waals surface area contributed by atoms with E-state index in [1.807, 2.05) is 0 Å². The van der Waals surface area contributed by atoms with E-state index in [9.17, 15) is 27.5 Å². The predicted octanol–water partition coefficient (Wildman–Crippen LogP) is 7.06. The van der Waals surface area contributed by atoms with Crippen molar-refractivity contribution in [3.05, 3.63) is 90.0 Å². The van der Waals surface area contributed by atoms with Crippen molar-refractivity contribution in [1.82, 2.24) is 0 Å². The minimum atomic E-state index is -1.29. The van der Waals surface area contributed by atoms with Crippen LogP contribution in [0.4, 0.5) is 17.6 Å². The number of phenolic OH excluding ortho intramolecular Hbond substituents is 1. The Labute approximate surface area is 205 Å². The number of carbonyl (C=O) groups excluding carboxylic acids is 1. The first-order valence-corrected chi connectivity index (χ1v) is 11.5. The van der Waals surface area contributed by atoms with Crippen LogP contribution in [-0.2, 0) is 4.79 Å². The van der Waals surface area contributed by atoms with Gasteiger partial charge in [0.05, 0.1) is 5.92 Å². The highest BCUT2D eigenvalue weighted by Crippen LogP contribution is 2.39. The first-order valence-electron chi connectivity index (χ1n) is 11.5. The second-order valence-corrected chi connectivity index (χ2v) is 8.64. The summed E-state index contributed by atoms with van der Waals surface area (Å²) in [7, 11) is 0. The van der Waals surface area contributed by atoms with Crippen molar-refractivity contribution in [1.29, 1.82) is 0 Å². The number of rotatable bonds is 7. The molecule has 1 fully saturated rings. The van der Waals surface area contributed by atoms with Crippen LogP contribution in [0.5, 0.6) is 17.2 Å². The standard InChI is InChI=1S/C28H24F4O4/c1-2-15-35-22-13-11-20(24(29)26(22)31)16-3-5-18(6-4-16)28(34)36-23-14-12-21(25(30)27(23)32)17-7-9-19(33)10-8-17/h2,7-14,16,18,33H,1,3-6,15H2. The van der Waals surface area contributed by atoms with E-state index in [-0.39, 0.29) is 35.2 Å². The summed E-state index contributed by atoms with van der Waals surface area (Å²) in [4.78, 5) is 12.6. The first kappa shape index (κ1) is 25.3. The average Bonchev–Trinajstić information content (AvgIpc) is 2.88. The molecule has 0 aromatic heterocycles. The normalized spacial score (nSPS) is 17.4. The van der Waals surface area contributed by atoms with E-state index in [1.54, 1.807) is 0 Å². The maximum Gasteiger partial charge on any atom is 0.314 e. The lowest BCUT2D eigenvalue weighted by molar-refractivity contribution is -0.140. The second-order valence-electron chi connectivity index (χ2n) is 8.64. The number of hydrogen-bond acceptors (Lipinski definition) is 4. The maximum absolute atomic E-state index is 14.6. The summed E-state index contributed by atoms with van der Waals surface area (Å²) in [5.74, 6) is -6.82. The van der Waals surface area contributed by atoms with Gasteiger partial charge in [0.2, 0.25) is 11.6 Å². The molecule has 1 saturated carbocycles. The number of esters is 1. The number of aromatic hydroxyl groups is 1. The Morgan fingerprint density at radius 1 is 0.861 bits per heavy atom. The summed E-state index contributed by atoms with van der Waals surface area (Å²) in [5.41, 5.74) is 0.524. The summed E-state index contributed by atoms with van der Waals surface area (Å²) in [5, 5.41) is 9.37. The van der Waals surface area contributed by atoms with Crippen LogP contribution >= 0.6 is 0 Å². The summed E-state index contributed by atoms with van der Waals surface area (Å²) in [6.45, 7) is 3.52. The van der Waals surface area contributed by atoms with E-state index >= 15 is 0 Å². The van der Waals surface area contributed by atoms with Gasteiger partial charge < -0.3 is 14.6 Å². The molecule has 3 aromatic carbocycles. The molecule has 3 aromatic rings. The van der Waals surface area contributed by atoms with Gasteiger partial charge >= 0.3 is 5.97 Å². The lowest BCUT2D eigenvalue weighted by Crippen LogP contribution is -2.26. The van der Waals surface area contributed by atoms with Crippen molar-refractivity contribution in [2.45, 2.75) is 31.6 Å². The van der Waals surface area contributed by atoms with E-state index in [4.69, 9.17) is 9.47 Å². The quantitative estimate of drug-likeness (QED) is 0.163. The third kappa shape index (κ3) is 5.22. The number of phenols is 1. The fourth-order valence-corrected chi connectivity index (χ4v) is 4.43. The molecule has 1 N–H and O–H groups in total. The smallest absolute Gasteiger partial charge is 0.314 e. The van der Waals surface area contributed by atoms with Gasteiger partial charge in [0.15, 0.2) is 23.1 Å². The van der Waals surface area contributed by atoms with Gasteiger partial charge in [0.1, 0.15) is 12.4 Å². The molecule has 0 bridgehead atoms. The molecule has 0 unspecified atom stereocenters. The van der Waals surface area contributed by atoms with Crippen LogP contribution in [0.2, 0.25) is 0 Å². The molecule has 0 radical (unpaired) electrons. The summed E-state index contributed by atoms with van der Waals surface area (Å²) >= 11 is 0. The zero-order valence-electron chi connectivity index (χ0n) is 19.3. The highest BCUT2D eigenvalue weighted by molar-refractivity contribution is 5.76. The van der Waals surface area contributed by atoms with E-state index in [1.165, 1.54) is 54.6 Å². The zero-order chi connectivity index (χ0) is 25.8. The fourth-order valence-electron chi connectivity index (χ4n) is 4.43. The number of benzene rings is 3. The number of halogens is 4. The Hall–Kier alpha value is -3.81. The van der Waals surface area contributed by atoms with Gasteiger partial charge in [-0.1, -0.05) is 30.9 Å². The molecular weight excluding hydrogens is 476 g/mol. The topological polar surface area (TPSA) is 55.8 Å². The third-order valence-corrected chi connectivity index (χ3v) is 6.37. The number of ether oxygens (including phenoxy) is 2. The van der Waals surface area contributed by atoms with Crippen LogP contribution in [0.15, 0.2) is 61.2 Å². The molecule has 0 atom stereocenters. The molecule has 36 heavy (non-hydrogen) atoms. The molecule has 4 nitrogen and oxygen atoms in total. The summed E-state index contributed by atoms with van der Waals surface area (Å²) in [6.07, 6.45) is 2.89. The Balaban J connectivity index is 1.40. The van der Waals surface area contributed by atoms with Crippen LogP contribution in [-0.4, -0.2) is 17.7 Å². The van der Waals surface area contributed by atoms with Crippen LogP contribution in [0.3, 0.4) is 0 Å². The monoisotopic (exact) mass is 500 g/mol. The lowest BCUT2D eigenvalue weighted by Gasteiger charge is -2.28. The van der Waals surface area contributed by atoms with Gasteiger partial charge in [-0.05, 0) is 73.1 Å². The average molecular weight is 500 g/mol. The van der Waals surface area contributed by atoms with Crippen molar-refractivity contribution < 1.29 is 36.9 Å². The Bertz CT molecular complexity index is 1270. The van der Waals surface area contributed by atoms with Gasteiger partial charge in [0, 0.05) is 5.56 Å². The SMILES string of the molecule is C=CCOc1ccc(C2CCC(C(=O)Oc3ccc(-c4ccc(O)cc4)c(F)c3F)CC2)c(F)c1F. The molecular formula is C28H24F4O4. The van der Waals surface area contributed by atoms with E-state index in [0.29, 0.717) is 31.2 Å². The molecule has 0 amide bonds. The summed E-state index contributed by atoms with van der Waals surface area (Å²) in [6, 6.07) is 10.9. The lowest BCUT2D eigenvalue weighted by atomic mass is 9.78. The molecule has 0 aliphatic heterocycles. The van der Waals surface area contributed by atoms with Gasteiger partial charge in [-0.15, -0.1) is 0 Å². The fraction of sp³-hybridized carbons (Fsp3) is 0.250. The van der Waals surface area contributed by atoms with Crippen molar-refractivity contribution in [3.63, 3.8) is 0 Å². The Morgan fingerprint density at radius 2 is 1.50 bits per heavy atom. The highest BCUT2D eigenvalue weighted by Gasteiger charge is 2.31. The largest absolute Gasteiger partial charge is 0.508 e.